The number of fused-ring (bicyclic) bond motifs is 3. The quantitative estimate of drug-likeness (QED) is 0.505. The Bertz CT molecular complexity index is 565. The molecule has 3 heterocycles. The van der Waals surface area contributed by atoms with Crippen LogP contribution < -0.4 is 14.8 Å². The Morgan fingerprint density at radius 1 is 1.24 bits per heavy atom. The lowest BCUT2D eigenvalue weighted by atomic mass is 10.0. The lowest BCUT2D eigenvalue weighted by Crippen LogP contribution is -2.42. The molecule has 3 atom stereocenters. The number of halogens is 1. The van der Waals surface area contributed by atoms with Gasteiger partial charge in [0.25, 0.3) is 0 Å². The molecular weight excluding hydrogens is 334 g/mol. The van der Waals surface area contributed by atoms with Crippen LogP contribution in [0.2, 0.25) is 0 Å². The first-order valence-corrected chi connectivity index (χ1v) is 8.50. The number of benzene rings is 1. The molecule has 3 unspecified atom stereocenters. The zero-order chi connectivity index (χ0) is 14.4. The van der Waals surface area contributed by atoms with Gasteiger partial charge < -0.3 is 14.8 Å². The van der Waals surface area contributed by atoms with Crippen molar-refractivity contribution >= 4 is 21.9 Å². The van der Waals surface area contributed by atoms with Crippen molar-refractivity contribution in [3.8, 4) is 11.5 Å². The number of hydrogen-bond donors (Lipinski definition) is 1. The summed E-state index contributed by atoms with van der Waals surface area (Å²) in [6.45, 7) is 0. The Morgan fingerprint density at radius 2 is 2.00 bits per heavy atom. The van der Waals surface area contributed by atoms with E-state index in [0.717, 1.165) is 24.2 Å². The molecule has 3 aliphatic heterocycles. The summed E-state index contributed by atoms with van der Waals surface area (Å²) in [5, 5.41) is 3.62. The van der Waals surface area contributed by atoms with Gasteiger partial charge in [0, 0.05) is 17.6 Å². The maximum Gasteiger partial charge on any atom is 0.325 e. The van der Waals surface area contributed by atoms with Crippen LogP contribution in [0.4, 0.5) is 0 Å². The van der Waals surface area contributed by atoms with E-state index in [2.05, 4.69) is 21.2 Å². The molecule has 0 spiro atoms. The maximum absolute atomic E-state index is 11.5. The second-order valence-corrected chi connectivity index (χ2v) is 7.32. The second-order valence-electron chi connectivity index (χ2n) is 6.21. The van der Waals surface area contributed by atoms with Crippen molar-refractivity contribution in [2.45, 2.75) is 55.1 Å². The molecule has 5 heteroatoms. The number of esters is 1. The molecule has 2 saturated heterocycles. The first-order valence-electron chi connectivity index (χ1n) is 7.59. The summed E-state index contributed by atoms with van der Waals surface area (Å²) in [5.41, 5.74) is 1.03. The summed E-state index contributed by atoms with van der Waals surface area (Å²) in [5.74, 6) is 1.33. The van der Waals surface area contributed by atoms with Gasteiger partial charge in [0.2, 0.25) is 0 Å². The average molecular weight is 352 g/mol. The van der Waals surface area contributed by atoms with Crippen LogP contribution in [0.25, 0.3) is 0 Å². The van der Waals surface area contributed by atoms with Crippen LogP contribution >= 0.6 is 15.9 Å². The summed E-state index contributed by atoms with van der Waals surface area (Å²) in [4.78, 5) is 11.3. The van der Waals surface area contributed by atoms with E-state index < -0.39 is 0 Å². The van der Waals surface area contributed by atoms with Crippen molar-refractivity contribution in [2.75, 3.05) is 0 Å². The summed E-state index contributed by atoms with van der Waals surface area (Å²) in [6, 6.07) is 7.01. The third-order valence-corrected chi connectivity index (χ3v) is 5.33. The third kappa shape index (κ3) is 2.69. The van der Waals surface area contributed by atoms with Gasteiger partial charge in [-0.1, -0.05) is 15.9 Å². The number of ether oxygens (including phenoxy) is 2. The minimum Gasteiger partial charge on any atom is -0.490 e. The molecule has 0 saturated carbocycles. The number of nitrogens with one attached hydrogen (secondary N) is 1. The highest BCUT2D eigenvalue weighted by atomic mass is 79.9. The van der Waals surface area contributed by atoms with Gasteiger partial charge >= 0.3 is 5.97 Å². The number of alkyl halides is 1. The predicted octanol–water partition coefficient (Wildman–Crippen LogP) is 2.57. The van der Waals surface area contributed by atoms with E-state index in [4.69, 9.17) is 9.47 Å². The summed E-state index contributed by atoms with van der Waals surface area (Å²) in [6.07, 6.45) is 5.68. The van der Waals surface area contributed by atoms with Crippen LogP contribution in [0.5, 0.6) is 11.5 Å². The number of hydrogen-bond acceptors (Lipinski definition) is 4. The van der Waals surface area contributed by atoms with E-state index in [1.54, 1.807) is 0 Å². The molecule has 0 radical (unpaired) electrons. The third-order valence-electron chi connectivity index (χ3n) is 4.63. The Hall–Kier alpha value is -1.07. The monoisotopic (exact) mass is 351 g/mol. The molecule has 2 fully saturated rings. The van der Waals surface area contributed by atoms with Crippen LogP contribution in [0, 0.1) is 0 Å². The van der Waals surface area contributed by atoms with Gasteiger partial charge in [0.05, 0.1) is 0 Å². The first kappa shape index (κ1) is 13.6. The molecule has 0 amide bonds. The predicted molar refractivity (Wildman–Crippen MR) is 82.1 cm³/mol. The highest BCUT2D eigenvalue weighted by molar-refractivity contribution is 9.10. The summed E-state index contributed by atoms with van der Waals surface area (Å²) >= 11 is 3.35. The van der Waals surface area contributed by atoms with Crippen molar-refractivity contribution in [3.63, 3.8) is 0 Å². The van der Waals surface area contributed by atoms with Crippen LogP contribution in [0.15, 0.2) is 18.2 Å². The average Bonchev–Trinajstić information content (AvgIpc) is 2.80. The molecule has 4 rings (SSSR count). The number of rotatable bonds is 2. The SMILES string of the molecule is O=C1Oc2ccc(OC3CC4CCC(C3)N4)cc2CC1Br. The van der Waals surface area contributed by atoms with Crippen molar-refractivity contribution in [1.29, 1.82) is 0 Å². The Labute approximate surface area is 132 Å². The van der Waals surface area contributed by atoms with E-state index in [-0.39, 0.29) is 10.8 Å². The molecule has 1 aromatic carbocycles. The van der Waals surface area contributed by atoms with Crippen LogP contribution in [0.1, 0.15) is 31.2 Å². The highest BCUT2D eigenvalue weighted by Gasteiger charge is 2.34. The molecule has 1 aromatic rings. The van der Waals surface area contributed by atoms with Gasteiger partial charge in [-0.05, 0) is 50.3 Å². The smallest absolute Gasteiger partial charge is 0.325 e. The number of carbonyl (C=O) groups excluding carboxylic acids is 1. The molecule has 3 aliphatic rings. The zero-order valence-corrected chi connectivity index (χ0v) is 13.3. The molecular formula is C16H18BrNO3. The van der Waals surface area contributed by atoms with Gasteiger partial charge in [-0.15, -0.1) is 0 Å². The molecule has 2 bridgehead atoms. The van der Waals surface area contributed by atoms with Gasteiger partial charge in [-0.3, -0.25) is 4.79 Å². The molecule has 4 nitrogen and oxygen atoms in total. The zero-order valence-electron chi connectivity index (χ0n) is 11.7. The van der Waals surface area contributed by atoms with E-state index in [1.807, 2.05) is 18.2 Å². The van der Waals surface area contributed by atoms with Gasteiger partial charge in [0.15, 0.2) is 0 Å². The molecule has 21 heavy (non-hydrogen) atoms. The van der Waals surface area contributed by atoms with Gasteiger partial charge in [-0.2, -0.15) is 0 Å². The fourth-order valence-electron chi connectivity index (χ4n) is 3.63. The Balaban J connectivity index is 1.49. The topological polar surface area (TPSA) is 47.6 Å². The fourth-order valence-corrected chi connectivity index (χ4v) is 4.07. The maximum atomic E-state index is 11.5. The van der Waals surface area contributed by atoms with E-state index in [1.165, 1.54) is 12.8 Å². The normalized spacial score (nSPS) is 34.2. The molecule has 112 valence electrons. The van der Waals surface area contributed by atoms with Crippen molar-refractivity contribution in [2.24, 2.45) is 0 Å². The van der Waals surface area contributed by atoms with Gasteiger partial charge in [0.1, 0.15) is 22.4 Å². The lowest BCUT2D eigenvalue weighted by Gasteiger charge is -2.30. The fraction of sp³-hybridized carbons (Fsp3) is 0.562. The molecule has 0 aromatic heterocycles. The van der Waals surface area contributed by atoms with Gasteiger partial charge in [-0.25, -0.2) is 0 Å². The van der Waals surface area contributed by atoms with Crippen molar-refractivity contribution in [1.82, 2.24) is 5.32 Å². The first-order chi connectivity index (χ1) is 10.2. The molecule has 0 aliphatic carbocycles. The van der Waals surface area contributed by atoms with E-state index >= 15 is 0 Å². The Morgan fingerprint density at radius 3 is 2.76 bits per heavy atom. The minimum absolute atomic E-state index is 0.217. The Kier molecular flexibility index (Phi) is 3.42. The minimum atomic E-state index is -0.255. The van der Waals surface area contributed by atoms with Crippen LogP contribution in [-0.4, -0.2) is 29.0 Å². The van der Waals surface area contributed by atoms with Crippen molar-refractivity contribution in [3.05, 3.63) is 23.8 Å². The van der Waals surface area contributed by atoms with E-state index in [0.29, 0.717) is 30.4 Å². The lowest BCUT2D eigenvalue weighted by molar-refractivity contribution is -0.134. The summed E-state index contributed by atoms with van der Waals surface area (Å²) < 4.78 is 11.5. The van der Waals surface area contributed by atoms with Crippen LogP contribution in [-0.2, 0) is 11.2 Å². The standard InChI is InChI=1S/C16H18BrNO3/c17-14-6-9-5-12(3-4-15(9)21-16(14)19)20-13-7-10-1-2-11(8-13)18-10/h3-5,10-11,13-14,18H,1-2,6-8H2. The molecule has 1 N–H and O–H groups in total. The largest absolute Gasteiger partial charge is 0.490 e. The highest BCUT2D eigenvalue weighted by Crippen LogP contribution is 2.34. The number of carbonyl (C=O) groups is 1. The van der Waals surface area contributed by atoms with E-state index in [9.17, 15) is 4.79 Å². The number of piperidine rings is 1. The van der Waals surface area contributed by atoms with Crippen molar-refractivity contribution < 1.29 is 14.3 Å². The summed E-state index contributed by atoms with van der Waals surface area (Å²) in [7, 11) is 0. The second kappa shape index (κ2) is 5.29. The van der Waals surface area contributed by atoms with Crippen LogP contribution in [0.3, 0.4) is 0 Å².